The van der Waals surface area contributed by atoms with Gasteiger partial charge in [0, 0.05) is 13.1 Å². The molecule has 2 N–H and O–H groups in total. The van der Waals surface area contributed by atoms with Gasteiger partial charge in [-0.15, -0.1) is 0 Å². The van der Waals surface area contributed by atoms with Gasteiger partial charge in [0.1, 0.15) is 0 Å². The molecule has 0 aromatic carbocycles. The van der Waals surface area contributed by atoms with E-state index in [2.05, 4.69) is 10.6 Å². The molecule has 2 heterocycles. The maximum Gasteiger partial charge on any atom is 0.250 e. The molecule has 0 bridgehead atoms. The lowest BCUT2D eigenvalue weighted by atomic mass is 10.2. The van der Waals surface area contributed by atoms with Crippen LogP contribution in [0.5, 0.6) is 0 Å². The van der Waals surface area contributed by atoms with E-state index in [1.165, 1.54) is 0 Å². The number of hydrogen-bond donors (Lipinski definition) is 2. The van der Waals surface area contributed by atoms with E-state index in [4.69, 9.17) is 4.74 Å². The molecule has 4 heteroatoms. The third-order valence-electron chi connectivity index (χ3n) is 1.93. The average molecular weight is 142 g/mol. The molecule has 2 atom stereocenters. The standard InChI is InChI=1S/C6H10N2O2/c9-6-5-4(3-8-6)7-1-2-10-5/h4-5,7H,1-3H2,(H,8,9). The normalized spacial score (nSPS) is 39.0. The zero-order valence-corrected chi connectivity index (χ0v) is 5.59. The summed E-state index contributed by atoms with van der Waals surface area (Å²) in [4.78, 5) is 10.9. The van der Waals surface area contributed by atoms with Gasteiger partial charge in [0.05, 0.1) is 12.6 Å². The molecular weight excluding hydrogens is 132 g/mol. The summed E-state index contributed by atoms with van der Waals surface area (Å²) in [5, 5.41) is 5.94. The lowest BCUT2D eigenvalue weighted by Gasteiger charge is -2.23. The van der Waals surface area contributed by atoms with Crippen LogP contribution in [0.2, 0.25) is 0 Å². The molecule has 0 aromatic heterocycles. The smallest absolute Gasteiger partial charge is 0.250 e. The van der Waals surface area contributed by atoms with Crippen molar-refractivity contribution in [3.63, 3.8) is 0 Å². The molecule has 2 rings (SSSR count). The van der Waals surface area contributed by atoms with Gasteiger partial charge in [0.15, 0.2) is 6.10 Å². The van der Waals surface area contributed by atoms with Crippen LogP contribution in [0.1, 0.15) is 0 Å². The number of hydrogen-bond acceptors (Lipinski definition) is 3. The Morgan fingerprint density at radius 3 is 3.30 bits per heavy atom. The minimum absolute atomic E-state index is 0.0252. The molecule has 0 radical (unpaired) electrons. The monoisotopic (exact) mass is 142 g/mol. The second-order valence-electron chi connectivity index (χ2n) is 2.60. The highest BCUT2D eigenvalue weighted by molar-refractivity contribution is 5.84. The van der Waals surface area contributed by atoms with Crippen molar-refractivity contribution in [1.29, 1.82) is 0 Å². The number of fused-ring (bicyclic) bond motifs is 1. The van der Waals surface area contributed by atoms with E-state index < -0.39 is 0 Å². The number of ether oxygens (including phenoxy) is 1. The van der Waals surface area contributed by atoms with Gasteiger partial charge in [-0.05, 0) is 0 Å². The first-order valence-electron chi connectivity index (χ1n) is 3.50. The second kappa shape index (κ2) is 2.21. The lowest BCUT2D eigenvalue weighted by Crippen LogP contribution is -2.48. The van der Waals surface area contributed by atoms with E-state index in [9.17, 15) is 4.79 Å². The van der Waals surface area contributed by atoms with Gasteiger partial charge in [0.25, 0.3) is 5.91 Å². The topological polar surface area (TPSA) is 50.4 Å². The Morgan fingerprint density at radius 1 is 1.60 bits per heavy atom. The summed E-state index contributed by atoms with van der Waals surface area (Å²) in [6.45, 7) is 2.22. The first kappa shape index (κ1) is 6.12. The first-order chi connectivity index (χ1) is 4.88. The summed E-state index contributed by atoms with van der Waals surface area (Å²) < 4.78 is 5.24. The molecule has 2 fully saturated rings. The fraction of sp³-hybridized carbons (Fsp3) is 0.833. The highest BCUT2D eigenvalue weighted by atomic mass is 16.5. The SMILES string of the molecule is O=C1NCC2NCCOC12. The average Bonchev–Trinajstić information content (AvgIpc) is 2.34. The summed E-state index contributed by atoms with van der Waals surface area (Å²) >= 11 is 0. The summed E-state index contributed by atoms with van der Waals surface area (Å²) in [6.07, 6.45) is -0.228. The Bertz CT molecular complexity index is 160. The quantitative estimate of drug-likeness (QED) is 0.431. The summed E-state index contributed by atoms with van der Waals surface area (Å²) in [7, 11) is 0. The molecule has 0 spiro atoms. The number of carbonyl (C=O) groups excluding carboxylic acids is 1. The third-order valence-corrected chi connectivity index (χ3v) is 1.93. The zero-order chi connectivity index (χ0) is 6.97. The molecule has 0 aliphatic carbocycles. The number of carbonyl (C=O) groups is 1. The van der Waals surface area contributed by atoms with Gasteiger partial charge in [-0.3, -0.25) is 4.79 Å². The van der Waals surface area contributed by atoms with Crippen molar-refractivity contribution in [2.75, 3.05) is 19.7 Å². The van der Waals surface area contributed by atoms with Crippen LogP contribution in [-0.2, 0) is 9.53 Å². The van der Waals surface area contributed by atoms with Crippen LogP contribution in [0.4, 0.5) is 0 Å². The summed E-state index contributed by atoms with van der Waals surface area (Å²) in [6, 6.07) is 0.209. The molecule has 10 heavy (non-hydrogen) atoms. The van der Waals surface area contributed by atoms with Gasteiger partial charge in [-0.1, -0.05) is 0 Å². The third kappa shape index (κ3) is 0.803. The summed E-state index contributed by atoms with van der Waals surface area (Å²) in [5.41, 5.74) is 0. The van der Waals surface area contributed by atoms with Crippen LogP contribution >= 0.6 is 0 Å². The Morgan fingerprint density at radius 2 is 2.50 bits per heavy atom. The molecule has 0 saturated carbocycles. The van der Waals surface area contributed by atoms with E-state index in [-0.39, 0.29) is 18.1 Å². The zero-order valence-electron chi connectivity index (χ0n) is 5.59. The van der Waals surface area contributed by atoms with E-state index in [0.717, 1.165) is 6.54 Å². The molecule has 0 aromatic rings. The van der Waals surface area contributed by atoms with Gasteiger partial charge < -0.3 is 15.4 Å². The Hall–Kier alpha value is -0.610. The number of nitrogens with one attached hydrogen (secondary N) is 2. The van der Waals surface area contributed by atoms with Gasteiger partial charge in [-0.25, -0.2) is 0 Å². The van der Waals surface area contributed by atoms with Crippen LogP contribution < -0.4 is 10.6 Å². The molecule has 2 saturated heterocycles. The predicted octanol–water partition coefficient (Wildman–Crippen LogP) is -1.53. The largest absolute Gasteiger partial charge is 0.365 e. The van der Waals surface area contributed by atoms with E-state index in [1.807, 2.05) is 0 Å². The van der Waals surface area contributed by atoms with Crippen LogP contribution in [-0.4, -0.2) is 37.7 Å². The Labute approximate surface area is 58.9 Å². The van der Waals surface area contributed by atoms with Gasteiger partial charge >= 0.3 is 0 Å². The van der Waals surface area contributed by atoms with Crippen LogP contribution in [0, 0.1) is 0 Å². The minimum atomic E-state index is -0.228. The van der Waals surface area contributed by atoms with Crippen molar-refractivity contribution >= 4 is 5.91 Å². The van der Waals surface area contributed by atoms with Crippen molar-refractivity contribution in [2.24, 2.45) is 0 Å². The van der Waals surface area contributed by atoms with Crippen molar-refractivity contribution in [2.45, 2.75) is 12.1 Å². The van der Waals surface area contributed by atoms with E-state index in [0.29, 0.717) is 13.2 Å². The maximum atomic E-state index is 10.9. The molecule has 2 aliphatic rings. The molecule has 56 valence electrons. The van der Waals surface area contributed by atoms with Crippen molar-refractivity contribution < 1.29 is 9.53 Å². The number of morpholine rings is 1. The second-order valence-corrected chi connectivity index (χ2v) is 2.60. The number of amides is 1. The predicted molar refractivity (Wildman–Crippen MR) is 34.5 cm³/mol. The molecular formula is C6H10N2O2. The van der Waals surface area contributed by atoms with Crippen LogP contribution in [0.15, 0.2) is 0 Å². The minimum Gasteiger partial charge on any atom is -0.365 e. The van der Waals surface area contributed by atoms with E-state index in [1.54, 1.807) is 0 Å². The fourth-order valence-electron chi connectivity index (χ4n) is 1.40. The fourth-order valence-corrected chi connectivity index (χ4v) is 1.40. The van der Waals surface area contributed by atoms with Gasteiger partial charge in [-0.2, -0.15) is 0 Å². The van der Waals surface area contributed by atoms with Crippen LogP contribution in [0.3, 0.4) is 0 Å². The highest BCUT2D eigenvalue weighted by Crippen LogP contribution is 2.09. The van der Waals surface area contributed by atoms with Crippen molar-refractivity contribution in [3.8, 4) is 0 Å². The Kier molecular flexibility index (Phi) is 1.35. The van der Waals surface area contributed by atoms with Crippen LogP contribution in [0.25, 0.3) is 0 Å². The highest BCUT2D eigenvalue weighted by Gasteiger charge is 2.37. The van der Waals surface area contributed by atoms with E-state index >= 15 is 0 Å². The lowest BCUT2D eigenvalue weighted by molar-refractivity contribution is -0.131. The number of rotatable bonds is 0. The van der Waals surface area contributed by atoms with Crippen molar-refractivity contribution in [3.05, 3.63) is 0 Å². The van der Waals surface area contributed by atoms with Gasteiger partial charge in [0.2, 0.25) is 0 Å². The summed E-state index contributed by atoms with van der Waals surface area (Å²) in [5.74, 6) is 0.0252. The van der Waals surface area contributed by atoms with Crippen molar-refractivity contribution in [1.82, 2.24) is 10.6 Å². The molecule has 2 unspecified atom stereocenters. The molecule has 2 aliphatic heterocycles. The molecule has 4 nitrogen and oxygen atoms in total. The maximum absolute atomic E-state index is 10.9. The molecule has 1 amide bonds. The first-order valence-corrected chi connectivity index (χ1v) is 3.50. The Balaban J connectivity index is 2.08.